The van der Waals surface area contributed by atoms with Crippen molar-refractivity contribution in [2.45, 2.75) is 31.8 Å². The Bertz CT molecular complexity index is 1180. The summed E-state index contributed by atoms with van der Waals surface area (Å²) in [5.41, 5.74) is 5.58. The third-order valence-electron chi connectivity index (χ3n) is 6.04. The Morgan fingerprint density at radius 1 is 1.00 bits per heavy atom. The first-order chi connectivity index (χ1) is 15.5. The predicted molar refractivity (Wildman–Crippen MR) is 118 cm³/mol. The van der Waals surface area contributed by atoms with Crippen molar-refractivity contribution in [2.75, 3.05) is 14.2 Å². The fraction of sp³-hybridized carbons (Fsp3) is 0.269. The number of hydrogen-bond donors (Lipinski definition) is 0. The molecule has 0 saturated carbocycles. The van der Waals surface area contributed by atoms with Crippen LogP contribution in [0.2, 0.25) is 0 Å². The lowest BCUT2D eigenvalue weighted by Gasteiger charge is -2.41. The standard InChI is InChI=1S/C26H23NO5/c1-4-7-23(28)27-22(26(30)32-3)15-20-19-9-6-5-8-18(19)14-21(20)24(27)16-10-12-17(13-11-16)25(29)31-2/h5-6,8-13,22,24H,14-15H2,1-3H3/t22-,24+/m1/s1. The summed E-state index contributed by atoms with van der Waals surface area (Å²) in [5.74, 6) is 3.89. The highest BCUT2D eigenvalue weighted by atomic mass is 16.5. The van der Waals surface area contributed by atoms with Crippen LogP contribution in [0, 0.1) is 11.8 Å². The van der Waals surface area contributed by atoms with E-state index in [4.69, 9.17) is 9.47 Å². The molecular formula is C26H23NO5. The Hall–Kier alpha value is -3.85. The largest absolute Gasteiger partial charge is 0.467 e. The van der Waals surface area contributed by atoms with Crippen LogP contribution in [0.3, 0.4) is 0 Å². The van der Waals surface area contributed by atoms with Crippen LogP contribution in [-0.4, -0.2) is 43.0 Å². The van der Waals surface area contributed by atoms with Crippen LogP contribution in [0.1, 0.15) is 46.4 Å². The first-order valence-electron chi connectivity index (χ1n) is 10.3. The summed E-state index contributed by atoms with van der Waals surface area (Å²) < 4.78 is 9.86. The first kappa shape index (κ1) is 21.4. The van der Waals surface area contributed by atoms with E-state index in [2.05, 4.69) is 17.9 Å². The van der Waals surface area contributed by atoms with E-state index in [0.717, 1.165) is 27.8 Å². The van der Waals surface area contributed by atoms with Gasteiger partial charge >= 0.3 is 11.9 Å². The molecular weight excluding hydrogens is 406 g/mol. The molecule has 1 heterocycles. The van der Waals surface area contributed by atoms with Gasteiger partial charge in [-0.05, 0) is 59.2 Å². The van der Waals surface area contributed by atoms with E-state index < -0.39 is 29.9 Å². The van der Waals surface area contributed by atoms with Gasteiger partial charge in [-0.3, -0.25) is 4.79 Å². The van der Waals surface area contributed by atoms with Crippen LogP contribution < -0.4 is 0 Å². The van der Waals surface area contributed by atoms with Crippen LogP contribution >= 0.6 is 0 Å². The fourth-order valence-electron chi connectivity index (χ4n) is 4.64. The zero-order chi connectivity index (χ0) is 22.8. The topological polar surface area (TPSA) is 72.9 Å². The molecule has 0 bridgehead atoms. The molecule has 0 saturated heterocycles. The second-order valence-electron chi connectivity index (χ2n) is 7.68. The zero-order valence-corrected chi connectivity index (χ0v) is 18.2. The maximum Gasteiger partial charge on any atom is 0.337 e. The number of methoxy groups -OCH3 is 2. The Kier molecular flexibility index (Phi) is 5.83. The van der Waals surface area contributed by atoms with Gasteiger partial charge in [0.05, 0.1) is 25.8 Å². The summed E-state index contributed by atoms with van der Waals surface area (Å²) in [6.45, 7) is 1.59. The summed E-state index contributed by atoms with van der Waals surface area (Å²) in [6.07, 6.45) is 1.04. The number of hydrogen-bond acceptors (Lipinski definition) is 5. The van der Waals surface area contributed by atoms with Crippen LogP contribution in [-0.2, 0) is 25.5 Å². The van der Waals surface area contributed by atoms with E-state index in [0.29, 0.717) is 18.4 Å². The van der Waals surface area contributed by atoms with Crippen molar-refractivity contribution in [1.82, 2.24) is 4.90 Å². The lowest BCUT2D eigenvalue weighted by Crippen LogP contribution is -2.50. The van der Waals surface area contributed by atoms with E-state index >= 15 is 0 Å². The molecule has 2 aromatic rings. The molecule has 32 heavy (non-hydrogen) atoms. The van der Waals surface area contributed by atoms with E-state index in [1.54, 1.807) is 31.2 Å². The molecule has 1 aliphatic heterocycles. The van der Waals surface area contributed by atoms with Crippen LogP contribution in [0.5, 0.6) is 0 Å². The van der Waals surface area contributed by atoms with Crippen molar-refractivity contribution in [3.8, 4) is 11.8 Å². The van der Waals surface area contributed by atoms with Gasteiger partial charge in [-0.2, -0.15) is 0 Å². The number of fused-ring (bicyclic) bond motifs is 2. The van der Waals surface area contributed by atoms with Gasteiger partial charge in [0.1, 0.15) is 6.04 Å². The van der Waals surface area contributed by atoms with E-state index in [1.807, 2.05) is 18.2 Å². The zero-order valence-electron chi connectivity index (χ0n) is 18.2. The Morgan fingerprint density at radius 2 is 1.72 bits per heavy atom. The average Bonchev–Trinajstić information content (AvgIpc) is 3.20. The molecule has 0 aromatic heterocycles. The highest BCUT2D eigenvalue weighted by Crippen LogP contribution is 2.48. The third-order valence-corrected chi connectivity index (χ3v) is 6.04. The van der Waals surface area contributed by atoms with Crippen molar-refractivity contribution in [2.24, 2.45) is 0 Å². The number of ether oxygens (including phenoxy) is 2. The second kappa shape index (κ2) is 8.72. The Balaban J connectivity index is 1.89. The smallest absolute Gasteiger partial charge is 0.337 e. The predicted octanol–water partition coefficient (Wildman–Crippen LogP) is 3.32. The monoisotopic (exact) mass is 429 g/mol. The van der Waals surface area contributed by atoms with E-state index in [1.165, 1.54) is 19.1 Å². The molecule has 1 amide bonds. The summed E-state index contributed by atoms with van der Waals surface area (Å²) >= 11 is 0. The third kappa shape index (κ3) is 3.56. The molecule has 2 atom stereocenters. The minimum absolute atomic E-state index is 0.368. The van der Waals surface area contributed by atoms with E-state index in [9.17, 15) is 14.4 Å². The lowest BCUT2D eigenvalue weighted by molar-refractivity contribution is -0.152. The van der Waals surface area contributed by atoms with Gasteiger partial charge in [0, 0.05) is 6.42 Å². The van der Waals surface area contributed by atoms with Crippen molar-refractivity contribution in [3.05, 3.63) is 76.4 Å². The summed E-state index contributed by atoms with van der Waals surface area (Å²) in [5, 5.41) is 0. The molecule has 0 unspecified atom stereocenters. The maximum absolute atomic E-state index is 13.1. The number of rotatable bonds is 3. The number of carbonyl (C=O) groups excluding carboxylic acids is 3. The SMILES string of the molecule is CC#CC(=O)N1[C@@H](C(=O)OC)CC2=C(Cc3ccccc32)[C@@H]1c1ccc(C(=O)OC)cc1. The molecule has 2 aliphatic rings. The number of carbonyl (C=O) groups is 3. The number of amides is 1. The first-order valence-corrected chi connectivity index (χ1v) is 10.3. The Labute approximate surface area is 186 Å². The normalized spacial score (nSPS) is 18.8. The summed E-state index contributed by atoms with van der Waals surface area (Å²) in [6, 6.07) is 13.7. The van der Waals surface area contributed by atoms with Crippen LogP contribution in [0.25, 0.3) is 5.57 Å². The minimum atomic E-state index is -0.802. The number of benzene rings is 2. The molecule has 0 N–H and O–H groups in total. The summed E-state index contributed by atoms with van der Waals surface area (Å²) in [4.78, 5) is 39.4. The van der Waals surface area contributed by atoms with Crippen LogP contribution in [0.4, 0.5) is 0 Å². The van der Waals surface area contributed by atoms with Gasteiger partial charge in [0.15, 0.2) is 0 Å². The molecule has 0 spiro atoms. The van der Waals surface area contributed by atoms with Crippen molar-refractivity contribution < 1.29 is 23.9 Å². The molecule has 1 aliphatic carbocycles. The molecule has 162 valence electrons. The van der Waals surface area contributed by atoms with Crippen molar-refractivity contribution in [3.63, 3.8) is 0 Å². The van der Waals surface area contributed by atoms with Crippen molar-refractivity contribution in [1.29, 1.82) is 0 Å². The fourth-order valence-corrected chi connectivity index (χ4v) is 4.64. The molecule has 0 fully saturated rings. The number of esters is 2. The molecule has 6 heteroatoms. The molecule has 6 nitrogen and oxygen atoms in total. The van der Waals surface area contributed by atoms with Gasteiger partial charge in [-0.1, -0.05) is 42.3 Å². The Morgan fingerprint density at radius 3 is 2.38 bits per heavy atom. The lowest BCUT2D eigenvalue weighted by atomic mass is 9.84. The van der Waals surface area contributed by atoms with Gasteiger partial charge in [0.2, 0.25) is 0 Å². The van der Waals surface area contributed by atoms with Crippen molar-refractivity contribution >= 4 is 23.4 Å². The number of nitrogens with zero attached hydrogens (tertiary/aromatic N) is 1. The molecule has 0 radical (unpaired) electrons. The summed E-state index contributed by atoms with van der Waals surface area (Å²) in [7, 11) is 2.65. The maximum atomic E-state index is 13.1. The minimum Gasteiger partial charge on any atom is -0.467 e. The quantitative estimate of drug-likeness (QED) is 0.553. The van der Waals surface area contributed by atoms with Gasteiger partial charge in [0.25, 0.3) is 5.91 Å². The second-order valence-corrected chi connectivity index (χ2v) is 7.68. The molecule has 4 rings (SSSR count). The van der Waals surface area contributed by atoms with Gasteiger partial charge < -0.3 is 14.4 Å². The van der Waals surface area contributed by atoms with Crippen LogP contribution in [0.15, 0.2) is 54.1 Å². The average molecular weight is 429 g/mol. The highest BCUT2D eigenvalue weighted by Gasteiger charge is 2.45. The van der Waals surface area contributed by atoms with Gasteiger partial charge in [-0.25, -0.2) is 9.59 Å². The molecule has 2 aromatic carbocycles. The highest BCUT2D eigenvalue weighted by molar-refractivity contribution is 5.99. The van der Waals surface area contributed by atoms with E-state index in [-0.39, 0.29) is 0 Å². The van der Waals surface area contributed by atoms with Gasteiger partial charge in [-0.15, -0.1) is 0 Å².